The van der Waals surface area contributed by atoms with Crippen molar-refractivity contribution in [2.24, 2.45) is 5.73 Å². The van der Waals surface area contributed by atoms with Crippen LogP contribution in [0.5, 0.6) is 0 Å². The summed E-state index contributed by atoms with van der Waals surface area (Å²) in [6.45, 7) is 0. The first-order valence-corrected chi connectivity index (χ1v) is 5.30. The van der Waals surface area contributed by atoms with Gasteiger partial charge in [0.15, 0.2) is 0 Å². The Bertz CT molecular complexity index is 330. The van der Waals surface area contributed by atoms with Crippen LogP contribution in [0.4, 0.5) is 5.69 Å². The molecule has 0 aromatic heterocycles. The number of nitrogens with two attached hydrogens (primary N) is 1. The Morgan fingerprint density at radius 2 is 2.36 bits per heavy atom. The van der Waals surface area contributed by atoms with Crippen LogP contribution in [0.25, 0.3) is 0 Å². The highest BCUT2D eigenvalue weighted by Crippen LogP contribution is 2.13. The van der Waals surface area contributed by atoms with Crippen molar-refractivity contribution >= 4 is 23.4 Å². The molecule has 1 aromatic carbocycles. The lowest BCUT2D eigenvalue weighted by atomic mass is 10.2. The molecule has 0 saturated heterocycles. The van der Waals surface area contributed by atoms with Crippen molar-refractivity contribution in [2.45, 2.75) is 5.50 Å². The highest BCUT2D eigenvalue weighted by atomic mass is 32.2. The van der Waals surface area contributed by atoms with Gasteiger partial charge in [-0.3, -0.25) is 0 Å². The molecule has 1 unspecified atom stereocenters. The molecule has 1 aromatic rings. The second-order valence-electron chi connectivity index (χ2n) is 2.69. The van der Waals surface area contributed by atoms with Gasteiger partial charge in [0, 0.05) is 5.69 Å². The van der Waals surface area contributed by atoms with Gasteiger partial charge in [0.25, 0.3) is 0 Å². The summed E-state index contributed by atoms with van der Waals surface area (Å²) in [6, 6.07) is 6.55. The first kappa shape index (κ1) is 10.9. The van der Waals surface area contributed by atoms with E-state index in [1.807, 2.05) is 6.26 Å². The highest BCUT2D eigenvalue weighted by Gasteiger charge is 2.04. The molecule has 4 nitrogen and oxygen atoms in total. The van der Waals surface area contributed by atoms with Crippen LogP contribution in [-0.2, 0) is 0 Å². The van der Waals surface area contributed by atoms with E-state index in [4.69, 9.17) is 10.8 Å². The Kier molecular flexibility index (Phi) is 3.79. The molecule has 0 aliphatic carbocycles. The van der Waals surface area contributed by atoms with Crippen molar-refractivity contribution in [3.05, 3.63) is 29.8 Å². The van der Waals surface area contributed by atoms with E-state index in [1.165, 1.54) is 17.8 Å². The topological polar surface area (TPSA) is 75.3 Å². The monoisotopic (exact) mass is 212 g/mol. The lowest BCUT2D eigenvalue weighted by Crippen LogP contribution is -2.25. The molecule has 0 heterocycles. The Morgan fingerprint density at radius 3 is 2.93 bits per heavy atom. The summed E-state index contributed by atoms with van der Waals surface area (Å²) in [4.78, 5) is 10.6. The Balaban J connectivity index is 2.78. The van der Waals surface area contributed by atoms with Crippen molar-refractivity contribution in [1.29, 1.82) is 0 Å². The molecule has 14 heavy (non-hydrogen) atoms. The zero-order chi connectivity index (χ0) is 10.6. The average Bonchev–Trinajstić information content (AvgIpc) is 2.18. The molecule has 0 amide bonds. The predicted molar refractivity (Wildman–Crippen MR) is 58.5 cm³/mol. The van der Waals surface area contributed by atoms with Gasteiger partial charge in [-0.1, -0.05) is 6.07 Å². The van der Waals surface area contributed by atoms with Crippen LogP contribution in [0.1, 0.15) is 10.4 Å². The molecule has 5 heteroatoms. The van der Waals surface area contributed by atoms with Gasteiger partial charge >= 0.3 is 5.97 Å². The SMILES string of the molecule is CSC(N)Nc1cccc(C(=O)O)c1. The number of hydrogen-bond acceptors (Lipinski definition) is 4. The number of aromatic carboxylic acids is 1. The van der Waals surface area contributed by atoms with E-state index in [0.717, 1.165) is 0 Å². The molecule has 76 valence electrons. The molecule has 0 spiro atoms. The van der Waals surface area contributed by atoms with E-state index in [1.54, 1.807) is 18.2 Å². The highest BCUT2D eigenvalue weighted by molar-refractivity contribution is 7.99. The summed E-state index contributed by atoms with van der Waals surface area (Å²) in [6.07, 6.45) is 1.87. The van der Waals surface area contributed by atoms with Crippen molar-refractivity contribution in [1.82, 2.24) is 0 Å². The van der Waals surface area contributed by atoms with Crippen LogP contribution in [-0.4, -0.2) is 22.8 Å². The lowest BCUT2D eigenvalue weighted by Gasteiger charge is -2.12. The number of anilines is 1. The minimum Gasteiger partial charge on any atom is -0.478 e. The minimum absolute atomic E-state index is 0.223. The molecule has 0 saturated carbocycles. The number of carboxylic acid groups (broad SMARTS) is 1. The summed E-state index contributed by atoms with van der Waals surface area (Å²) in [5, 5.41) is 11.7. The normalized spacial score (nSPS) is 12.1. The van der Waals surface area contributed by atoms with Gasteiger partial charge in [-0.25, -0.2) is 4.79 Å². The Labute approximate surface area is 86.5 Å². The van der Waals surface area contributed by atoms with Crippen molar-refractivity contribution in [2.75, 3.05) is 11.6 Å². The third kappa shape index (κ3) is 2.93. The van der Waals surface area contributed by atoms with Crippen LogP contribution in [0, 0.1) is 0 Å². The molecule has 0 bridgehead atoms. The summed E-state index contributed by atoms with van der Waals surface area (Å²) in [7, 11) is 0. The summed E-state index contributed by atoms with van der Waals surface area (Å²) in [5.74, 6) is -0.939. The minimum atomic E-state index is -0.939. The number of thioether (sulfide) groups is 1. The van der Waals surface area contributed by atoms with Gasteiger partial charge in [0.05, 0.1) is 5.56 Å². The van der Waals surface area contributed by atoms with Crippen LogP contribution in [0.2, 0.25) is 0 Å². The van der Waals surface area contributed by atoms with Gasteiger partial charge in [-0.15, -0.1) is 11.8 Å². The fourth-order valence-electron chi connectivity index (χ4n) is 0.965. The molecule has 0 aliphatic heterocycles. The van der Waals surface area contributed by atoms with E-state index in [-0.39, 0.29) is 11.1 Å². The fraction of sp³-hybridized carbons (Fsp3) is 0.222. The quantitative estimate of drug-likeness (QED) is 0.658. The number of rotatable bonds is 4. The third-order valence-electron chi connectivity index (χ3n) is 1.67. The second-order valence-corrected chi connectivity index (χ2v) is 3.67. The maximum absolute atomic E-state index is 10.6. The molecule has 0 aliphatic rings. The maximum Gasteiger partial charge on any atom is 0.335 e. The van der Waals surface area contributed by atoms with Crippen molar-refractivity contribution in [3.63, 3.8) is 0 Å². The fourth-order valence-corrected chi connectivity index (χ4v) is 1.22. The summed E-state index contributed by atoms with van der Waals surface area (Å²) in [5.41, 5.74) is 6.38. The summed E-state index contributed by atoms with van der Waals surface area (Å²) < 4.78 is 0. The van der Waals surface area contributed by atoms with Gasteiger partial charge in [0.2, 0.25) is 0 Å². The zero-order valence-corrected chi connectivity index (χ0v) is 8.54. The largest absolute Gasteiger partial charge is 0.478 e. The standard InChI is InChI=1S/C9H12N2O2S/c1-14-9(10)11-7-4-2-3-6(5-7)8(12)13/h2-5,9,11H,10H2,1H3,(H,12,13). The predicted octanol–water partition coefficient (Wildman–Crippen LogP) is 1.40. The Morgan fingerprint density at radius 1 is 1.64 bits per heavy atom. The molecule has 0 radical (unpaired) electrons. The summed E-state index contributed by atoms with van der Waals surface area (Å²) >= 11 is 1.45. The van der Waals surface area contributed by atoms with Gasteiger partial charge < -0.3 is 16.2 Å². The van der Waals surface area contributed by atoms with Gasteiger partial charge in [-0.05, 0) is 24.5 Å². The number of carbonyl (C=O) groups is 1. The van der Waals surface area contributed by atoms with E-state index >= 15 is 0 Å². The lowest BCUT2D eigenvalue weighted by molar-refractivity contribution is 0.0697. The van der Waals surface area contributed by atoms with Crippen LogP contribution in [0.3, 0.4) is 0 Å². The third-order valence-corrected chi connectivity index (χ3v) is 2.30. The van der Waals surface area contributed by atoms with Crippen LogP contribution in [0.15, 0.2) is 24.3 Å². The molecule has 1 atom stereocenters. The number of hydrogen-bond donors (Lipinski definition) is 3. The number of nitrogens with one attached hydrogen (secondary N) is 1. The van der Waals surface area contributed by atoms with E-state index < -0.39 is 5.97 Å². The first-order chi connectivity index (χ1) is 6.63. The molecule has 0 fully saturated rings. The number of benzene rings is 1. The average molecular weight is 212 g/mol. The van der Waals surface area contributed by atoms with Crippen molar-refractivity contribution < 1.29 is 9.90 Å². The molecule has 4 N–H and O–H groups in total. The van der Waals surface area contributed by atoms with Crippen molar-refractivity contribution in [3.8, 4) is 0 Å². The van der Waals surface area contributed by atoms with Gasteiger partial charge in [-0.2, -0.15) is 0 Å². The van der Waals surface area contributed by atoms with E-state index in [9.17, 15) is 4.79 Å². The Hall–Kier alpha value is -1.20. The van der Waals surface area contributed by atoms with E-state index in [2.05, 4.69) is 5.32 Å². The maximum atomic E-state index is 10.6. The first-order valence-electron chi connectivity index (χ1n) is 4.02. The smallest absolute Gasteiger partial charge is 0.335 e. The second kappa shape index (κ2) is 4.88. The zero-order valence-electron chi connectivity index (χ0n) is 7.73. The van der Waals surface area contributed by atoms with E-state index in [0.29, 0.717) is 5.69 Å². The molecular formula is C9H12N2O2S. The van der Waals surface area contributed by atoms with Crippen LogP contribution >= 0.6 is 11.8 Å². The van der Waals surface area contributed by atoms with Crippen LogP contribution < -0.4 is 11.1 Å². The molecular weight excluding hydrogens is 200 g/mol. The van der Waals surface area contributed by atoms with Gasteiger partial charge in [0.1, 0.15) is 5.50 Å². The molecule has 1 rings (SSSR count). The number of carboxylic acids is 1.